The Kier molecular flexibility index (Phi) is 21.8. The fourth-order valence-corrected chi connectivity index (χ4v) is 9.53. The first kappa shape index (κ1) is 61.5. The van der Waals surface area contributed by atoms with Gasteiger partial charge in [0, 0.05) is 20.8 Å². The van der Waals surface area contributed by atoms with Crippen LogP contribution in [0.1, 0.15) is 27.7 Å². The van der Waals surface area contributed by atoms with E-state index in [2.05, 4.69) is 16.0 Å². The Hall–Kier alpha value is -2.67. The first-order valence-electron chi connectivity index (χ1n) is 23.9. The van der Waals surface area contributed by atoms with Crippen molar-refractivity contribution >= 4 is 17.7 Å². The third-order valence-corrected chi connectivity index (χ3v) is 13.6. The van der Waals surface area contributed by atoms with Crippen molar-refractivity contribution in [1.29, 1.82) is 0 Å². The zero-order chi connectivity index (χ0) is 55.5. The van der Waals surface area contributed by atoms with Crippen LogP contribution in [-0.2, 0) is 66.5 Å². The molecule has 0 aliphatic carbocycles. The summed E-state index contributed by atoms with van der Waals surface area (Å²) in [6, 6.07) is -5.07. The summed E-state index contributed by atoms with van der Waals surface area (Å²) in [6.45, 7) is -0.289. The van der Waals surface area contributed by atoms with Crippen LogP contribution in [0.5, 0.6) is 0 Å². The summed E-state index contributed by atoms with van der Waals surface area (Å²) < 4.78 is 64.5. The Morgan fingerprint density at radius 1 is 0.373 bits per heavy atom. The fraction of sp³-hybridized carbons (Fsp3) is 0.929. The molecule has 19 N–H and O–H groups in total. The second kappa shape index (κ2) is 26.5. The number of nitrogens with one attached hydrogen (secondary N) is 3. The molecule has 0 spiro atoms. The SMILES string of the molecule is CC(=O)N[C@@H]1[C@@H](O[C@@H]2O[C@H](CO)[C@H](O)[C@H](O[C@H]3O[C@H](CO)[C@H](O)[C@H](O)[C@H]3NC(C)=O)[C@H]2O[C@@H]2O[C@@H](C)[C@@H](O)[C@@H](O)[C@@H]2O)[C@@H](O)[C@@H](CO[C@@H]2O[C@H](CO)[C@@H](O)[C@H](O[C@@H]3O[C@H](CO)[C@H](O)[C@H](O)[C@H]3O)[C@H]2NC(C)=O)O[C@@H]1O. The summed E-state index contributed by atoms with van der Waals surface area (Å²) in [5.74, 6) is -2.42. The number of aliphatic hydroxyl groups excluding tert-OH is 16. The van der Waals surface area contributed by atoms with Crippen LogP contribution in [0.3, 0.4) is 0 Å². The summed E-state index contributed by atoms with van der Waals surface area (Å²) in [5, 5.41) is 180. The highest BCUT2D eigenvalue weighted by atomic mass is 16.8. The largest absolute Gasteiger partial charge is 0.394 e. The topological polar surface area (TPSA) is 513 Å². The number of carbonyl (C=O) groups excluding carboxylic acids is 3. The van der Waals surface area contributed by atoms with E-state index in [1.807, 2.05) is 0 Å². The van der Waals surface area contributed by atoms with Gasteiger partial charge in [0.05, 0.1) is 39.1 Å². The number of aliphatic hydroxyl groups is 16. The second-order valence-corrected chi connectivity index (χ2v) is 19.0. The second-order valence-electron chi connectivity index (χ2n) is 19.0. The number of hydrogen-bond donors (Lipinski definition) is 19. The number of rotatable bonds is 18. The molecule has 6 aliphatic rings. The van der Waals surface area contributed by atoms with Gasteiger partial charge in [0.2, 0.25) is 17.7 Å². The zero-order valence-corrected chi connectivity index (χ0v) is 40.7. The molecule has 75 heavy (non-hydrogen) atoms. The number of ether oxygens (including phenoxy) is 11. The van der Waals surface area contributed by atoms with Gasteiger partial charge in [-0.2, -0.15) is 0 Å². The first-order chi connectivity index (χ1) is 35.4. The molecule has 0 aromatic rings. The molecule has 33 nitrogen and oxygen atoms in total. The highest BCUT2D eigenvalue weighted by molar-refractivity contribution is 5.74. The van der Waals surface area contributed by atoms with Gasteiger partial charge >= 0.3 is 0 Å². The maximum atomic E-state index is 12.6. The van der Waals surface area contributed by atoms with E-state index in [9.17, 15) is 96.1 Å². The third kappa shape index (κ3) is 13.7. The van der Waals surface area contributed by atoms with E-state index in [4.69, 9.17) is 52.1 Å². The molecule has 0 aromatic heterocycles. The molecule has 6 aliphatic heterocycles. The zero-order valence-electron chi connectivity index (χ0n) is 40.7. The van der Waals surface area contributed by atoms with Crippen molar-refractivity contribution < 1.29 is 148 Å². The molecule has 6 heterocycles. The number of hydrogen-bond acceptors (Lipinski definition) is 30. The van der Waals surface area contributed by atoms with Gasteiger partial charge in [-0.1, -0.05) is 0 Å². The highest BCUT2D eigenvalue weighted by Crippen LogP contribution is 2.37. The third-order valence-electron chi connectivity index (χ3n) is 13.6. The van der Waals surface area contributed by atoms with Gasteiger partial charge in [0.15, 0.2) is 37.7 Å². The Bertz CT molecular complexity index is 1850. The van der Waals surface area contributed by atoms with Crippen LogP contribution in [0.4, 0.5) is 0 Å². The predicted molar refractivity (Wildman–Crippen MR) is 233 cm³/mol. The predicted octanol–water partition coefficient (Wildman–Crippen LogP) is -12.6. The van der Waals surface area contributed by atoms with Crippen molar-refractivity contribution in [3.8, 4) is 0 Å². The molecule has 434 valence electrons. The lowest BCUT2D eigenvalue weighted by Crippen LogP contribution is -2.71. The minimum absolute atomic E-state index is 0.789. The van der Waals surface area contributed by atoms with Gasteiger partial charge in [-0.3, -0.25) is 14.4 Å². The molecular formula is C42H71N3O30. The molecule has 3 amide bonds. The van der Waals surface area contributed by atoms with Crippen LogP contribution in [-0.4, -0.2) is 317 Å². The molecule has 0 saturated carbocycles. The van der Waals surface area contributed by atoms with Crippen LogP contribution >= 0.6 is 0 Å². The number of carbonyl (C=O) groups is 3. The van der Waals surface area contributed by atoms with Crippen LogP contribution in [0, 0.1) is 0 Å². The molecule has 6 rings (SSSR count). The van der Waals surface area contributed by atoms with Crippen molar-refractivity contribution in [3.05, 3.63) is 0 Å². The minimum atomic E-state index is -2.14. The summed E-state index contributed by atoms with van der Waals surface area (Å²) in [6.07, 6.45) is -50.4. The molecule has 0 unspecified atom stereocenters. The van der Waals surface area contributed by atoms with Crippen molar-refractivity contribution in [2.45, 2.75) is 212 Å². The standard InChI is InChI=1S/C42H71N3O30/c1-10-22(53)29(60)31(62)40(66-10)75-36-35(74-39-19(43-11(2)50)28(59)23(54)14(5-46)69-39)26(57)17(8-49)71-42(36)73-33-20(44-12(3)51)37(64)67-18(27(33)58)9-65-38-21(45-13(4)52)34(25(56)16(7-48)68-38)72-41-32(63)30(61)24(55)15(6-47)70-41/h10,14-42,46-49,53-64H,5-9H2,1-4H3,(H,43,50)(H,44,51)(H,45,52)/t10-,14+,15+,16+,17+,18+,19+,20+,21+,22+,23-,24-,25+,26-,27-,28+,29+,30-,31-,32+,33+,34+,35-,36+,37-,38+,39+,40-,41-,42-/m0/s1. The lowest BCUT2D eigenvalue weighted by Gasteiger charge is -2.51. The van der Waals surface area contributed by atoms with Crippen LogP contribution in [0.2, 0.25) is 0 Å². The van der Waals surface area contributed by atoms with E-state index >= 15 is 0 Å². The Morgan fingerprint density at radius 3 is 1.32 bits per heavy atom. The van der Waals surface area contributed by atoms with Crippen LogP contribution in [0.15, 0.2) is 0 Å². The lowest BCUT2D eigenvalue weighted by molar-refractivity contribution is -0.397. The van der Waals surface area contributed by atoms with E-state index in [1.54, 1.807) is 0 Å². The van der Waals surface area contributed by atoms with Crippen molar-refractivity contribution in [2.75, 3.05) is 33.0 Å². The molecule has 0 aromatic carbocycles. The van der Waals surface area contributed by atoms with E-state index in [1.165, 1.54) is 6.92 Å². The van der Waals surface area contributed by atoms with Crippen LogP contribution < -0.4 is 16.0 Å². The van der Waals surface area contributed by atoms with E-state index in [-0.39, 0.29) is 0 Å². The summed E-state index contributed by atoms with van der Waals surface area (Å²) >= 11 is 0. The Morgan fingerprint density at radius 2 is 0.760 bits per heavy atom. The van der Waals surface area contributed by atoms with Crippen molar-refractivity contribution in [3.63, 3.8) is 0 Å². The van der Waals surface area contributed by atoms with Gasteiger partial charge in [-0.25, -0.2) is 0 Å². The quantitative estimate of drug-likeness (QED) is 0.0606. The summed E-state index contributed by atoms with van der Waals surface area (Å²) in [7, 11) is 0. The highest BCUT2D eigenvalue weighted by Gasteiger charge is 2.58. The molecule has 30 atom stereocenters. The van der Waals surface area contributed by atoms with E-state index in [0.717, 1.165) is 20.8 Å². The van der Waals surface area contributed by atoms with Crippen molar-refractivity contribution in [1.82, 2.24) is 16.0 Å². The molecule has 6 fully saturated rings. The first-order valence-corrected chi connectivity index (χ1v) is 23.9. The number of amides is 3. The maximum Gasteiger partial charge on any atom is 0.217 e. The molecule has 33 heteroatoms. The molecule has 0 bridgehead atoms. The average Bonchev–Trinajstić information content (AvgIpc) is 3.36. The lowest BCUT2D eigenvalue weighted by atomic mass is 9.94. The minimum Gasteiger partial charge on any atom is -0.394 e. The maximum absolute atomic E-state index is 12.6. The molecule has 0 radical (unpaired) electrons. The monoisotopic (exact) mass is 1100 g/mol. The van der Waals surface area contributed by atoms with Crippen LogP contribution in [0.25, 0.3) is 0 Å². The van der Waals surface area contributed by atoms with Gasteiger partial charge in [0.1, 0.15) is 140 Å². The molecule has 6 saturated heterocycles. The Labute approximate surface area is 426 Å². The normalized spacial score (nSPS) is 48.6. The van der Waals surface area contributed by atoms with E-state index < -0.39 is 235 Å². The van der Waals surface area contributed by atoms with Gasteiger partial charge in [0.25, 0.3) is 0 Å². The average molecular weight is 1100 g/mol. The molecular weight excluding hydrogens is 1030 g/mol. The summed E-state index contributed by atoms with van der Waals surface area (Å²) in [4.78, 5) is 37.5. The van der Waals surface area contributed by atoms with Gasteiger partial charge in [-0.15, -0.1) is 0 Å². The fourth-order valence-electron chi connectivity index (χ4n) is 9.53. The van der Waals surface area contributed by atoms with Crippen molar-refractivity contribution in [2.24, 2.45) is 0 Å². The Balaban J connectivity index is 1.33. The summed E-state index contributed by atoms with van der Waals surface area (Å²) in [5.41, 5.74) is 0. The van der Waals surface area contributed by atoms with Gasteiger partial charge in [-0.05, 0) is 6.92 Å². The van der Waals surface area contributed by atoms with Gasteiger partial charge < -0.3 is 150 Å². The smallest absolute Gasteiger partial charge is 0.217 e. The van der Waals surface area contributed by atoms with E-state index in [0.29, 0.717) is 0 Å².